The molecule has 3 aliphatic heterocycles. The number of benzene rings is 3. The molecule has 18 nitrogen and oxygen atoms in total. The van der Waals surface area contributed by atoms with Gasteiger partial charge in [0.25, 0.3) is 5.88 Å². The summed E-state index contributed by atoms with van der Waals surface area (Å²) in [5.74, 6) is -1.51. The summed E-state index contributed by atoms with van der Waals surface area (Å²) in [6.07, 6.45) is 3.21. The van der Waals surface area contributed by atoms with E-state index in [-0.39, 0.29) is 109 Å². The van der Waals surface area contributed by atoms with E-state index in [0.717, 1.165) is 58.1 Å². The van der Waals surface area contributed by atoms with E-state index in [1.54, 1.807) is 34.4 Å². The number of β-amino-alcohol motifs (C(OH)–C–C–N with tert-alkyl or cyclic N) is 1. The molecule has 3 N–H and O–H groups in total. The number of ether oxygens (including phenoxy) is 2. The van der Waals surface area contributed by atoms with Crippen LogP contribution in [0.1, 0.15) is 87.4 Å². The average Bonchev–Trinajstić information content (AvgIpc) is 4.38. The molecule has 3 aromatic heterocycles. The van der Waals surface area contributed by atoms with E-state index < -0.39 is 36.0 Å². The topological polar surface area (TPSA) is 224 Å². The summed E-state index contributed by atoms with van der Waals surface area (Å²) in [4.78, 5) is 63.1. The molecule has 1 aliphatic carbocycles. The van der Waals surface area contributed by atoms with Gasteiger partial charge in [0, 0.05) is 62.6 Å². The Hall–Kier alpha value is -7.28. The maximum absolute atomic E-state index is 17.3. The normalized spacial score (nSPS) is 20.4. The van der Waals surface area contributed by atoms with Crippen LogP contribution in [-0.4, -0.2) is 146 Å². The summed E-state index contributed by atoms with van der Waals surface area (Å²) < 4.78 is 35.5. The minimum Gasteiger partial charge on any atom is -0.475 e. The molecule has 0 spiro atoms. The highest BCUT2D eigenvalue weighted by Crippen LogP contribution is 2.39. The van der Waals surface area contributed by atoms with Crippen molar-refractivity contribution in [1.29, 1.82) is 5.26 Å². The summed E-state index contributed by atoms with van der Waals surface area (Å²) in [6, 6.07) is 19.2. The predicted molar refractivity (Wildman–Crippen MR) is 305 cm³/mol. The Balaban J connectivity index is 0.763. The van der Waals surface area contributed by atoms with Crippen molar-refractivity contribution in [2.24, 2.45) is 11.8 Å². The highest BCUT2D eigenvalue weighted by molar-refractivity contribution is 7.13. The van der Waals surface area contributed by atoms with Crippen LogP contribution in [0.4, 0.5) is 10.2 Å². The number of aryl methyl sites for hydroxylation is 1. The largest absolute Gasteiger partial charge is 0.475 e. The van der Waals surface area contributed by atoms with Gasteiger partial charge in [-0.05, 0) is 102 Å². The van der Waals surface area contributed by atoms with E-state index in [9.17, 15) is 29.9 Å². The van der Waals surface area contributed by atoms with Crippen molar-refractivity contribution < 1.29 is 43.0 Å². The smallest absolute Gasteiger partial charge is 0.319 e. The zero-order valence-electron chi connectivity index (χ0n) is 45.8. The Morgan fingerprint density at radius 1 is 1.02 bits per heavy atom. The SMILES string of the molecule is C=CC(=O)N1CCN(c2nc(OCCN3CCC(COc4cc([C@@H](C(=O)N5C[C@@H](O)C[C@H]5C(=O)N[C@@H](C)c5ccc(-c6scnc6C)cc5)C(C)C)on4)CC3)nc3c(F)c(C4=c5ccccc5=C[C@@H](O)C4)c(Cl)cc23)C[C@@H]1CC#N. The maximum atomic E-state index is 17.3. The van der Waals surface area contributed by atoms with Gasteiger partial charge in [-0.15, -0.1) is 11.3 Å². The number of piperazine rings is 1. The number of aromatic nitrogens is 4. The number of nitriles is 1. The lowest BCUT2D eigenvalue weighted by molar-refractivity contribution is -0.141. The van der Waals surface area contributed by atoms with Crippen molar-refractivity contribution in [2.45, 2.75) is 96.1 Å². The van der Waals surface area contributed by atoms with Crippen molar-refractivity contribution in [3.8, 4) is 28.4 Å². The van der Waals surface area contributed by atoms with Crippen molar-refractivity contribution >= 4 is 69.0 Å². The minimum absolute atomic E-state index is 0.0112. The molecule has 3 saturated heterocycles. The number of anilines is 1. The highest BCUT2D eigenvalue weighted by Gasteiger charge is 2.44. The number of rotatable bonds is 18. The number of aliphatic hydroxyl groups is 2. The van der Waals surface area contributed by atoms with E-state index in [1.807, 2.05) is 86.6 Å². The van der Waals surface area contributed by atoms with Crippen molar-refractivity contribution in [3.05, 3.63) is 123 Å². The minimum atomic E-state index is -0.871. The molecule has 3 aromatic carbocycles. The quantitative estimate of drug-likeness (QED) is 0.0787. The lowest BCUT2D eigenvalue weighted by Gasteiger charge is -2.41. The van der Waals surface area contributed by atoms with E-state index in [4.69, 9.17) is 30.6 Å². The van der Waals surface area contributed by atoms with Gasteiger partial charge in [0.05, 0.1) is 64.5 Å². The molecule has 21 heteroatoms. The maximum Gasteiger partial charge on any atom is 0.319 e. The van der Waals surface area contributed by atoms with Crippen LogP contribution in [0.5, 0.6) is 11.9 Å². The number of nitrogens with zero attached hydrogens (tertiary/aromatic N) is 9. The fourth-order valence-corrected chi connectivity index (χ4v) is 12.8. The van der Waals surface area contributed by atoms with Gasteiger partial charge in [-0.3, -0.25) is 19.3 Å². The number of carbonyl (C=O) groups excluding carboxylic acids is 3. The molecule has 10 rings (SSSR count). The Morgan fingerprint density at radius 2 is 1.80 bits per heavy atom. The molecule has 6 aromatic rings. The van der Waals surface area contributed by atoms with E-state index in [1.165, 1.54) is 11.0 Å². The van der Waals surface area contributed by atoms with Crippen LogP contribution in [-0.2, 0) is 14.4 Å². The number of fused-ring (bicyclic) bond motifs is 2. The zero-order chi connectivity index (χ0) is 57.1. The number of carbonyl (C=O) groups is 3. The number of thiazole rings is 1. The van der Waals surface area contributed by atoms with Crippen LogP contribution in [0.3, 0.4) is 0 Å². The first-order valence-electron chi connectivity index (χ1n) is 27.6. The van der Waals surface area contributed by atoms with E-state index >= 15 is 4.39 Å². The second-order valence-electron chi connectivity index (χ2n) is 21.7. The van der Waals surface area contributed by atoms with Crippen molar-refractivity contribution in [1.82, 2.24) is 40.1 Å². The molecule has 3 fully saturated rings. The van der Waals surface area contributed by atoms with Gasteiger partial charge in [-0.2, -0.15) is 15.2 Å². The van der Waals surface area contributed by atoms with Gasteiger partial charge in [0.1, 0.15) is 29.9 Å². The number of halogens is 2. The molecule has 0 radical (unpaired) electrons. The molecule has 81 heavy (non-hydrogen) atoms. The summed E-state index contributed by atoms with van der Waals surface area (Å²) in [7, 11) is 0. The van der Waals surface area contributed by atoms with Gasteiger partial charge in [-0.25, -0.2) is 9.37 Å². The molecule has 0 bridgehead atoms. The van der Waals surface area contributed by atoms with E-state index in [0.29, 0.717) is 42.2 Å². The number of piperidine rings is 1. The van der Waals surface area contributed by atoms with Gasteiger partial charge >= 0.3 is 6.01 Å². The van der Waals surface area contributed by atoms with Crippen molar-refractivity contribution in [2.75, 3.05) is 63.9 Å². The number of hydrogen-bond acceptors (Lipinski definition) is 16. The fraction of sp³-hybridized carbons (Fsp3) is 0.433. The number of likely N-dealkylation sites (tertiary alicyclic amines) is 2. The third-order valence-electron chi connectivity index (χ3n) is 16.0. The molecule has 424 valence electrons. The van der Waals surface area contributed by atoms with Crippen molar-refractivity contribution in [3.63, 3.8) is 0 Å². The Kier molecular flexibility index (Phi) is 17.5. The van der Waals surface area contributed by atoms with Gasteiger partial charge in [0.2, 0.25) is 17.7 Å². The number of amides is 3. The standard InChI is InChI=1S/C60H66ClFN10O8S/c1-6-51(75)71-22-21-70(30-41(71)15-18-63)57-46-28-47(61)53(45-26-42(73)25-40-9-7-8-10-44(40)45)54(62)55(46)66-60(67-57)78-24-23-69-19-16-37(17-20-69)32-79-50-29-49(80-68-50)52(34(2)3)59(77)72-31-43(74)27-48(72)58(76)65-35(4)38-11-13-39(14-12-38)56-36(5)64-33-81-56/h6-14,25,28-29,33-35,37,41-43,48,52,73-74H,1,15-17,19-24,26-27,30-32H2,2-5H3,(H,65,76)/t35-,41-,42+,43-,48-,52-/m0/s1. The first kappa shape index (κ1) is 57.0. The van der Waals surface area contributed by atoms with E-state index in [2.05, 4.69) is 38.0 Å². The molecular weight excluding hydrogens is 1080 g/mol. The molecule has 3 amide bonds. The monoisotopic (exact) mass is 1140 g/mol. The van der Waals surface area contributed by atoms with Crippen LogP contribution in [0.2, 0.25) is 5.02 Å². The third-order valence-corrected chi connectivity index (χ3v) is 17.3. The third kappa shape index (κ3) is 12.3. The van der Waals surface area contributed by atoms with Gasteiger partial charge in [0.15, 0.2) is 11.6 Å². The number of aliphatic hydroxyl groups excluding tert-OH is 2. The van der Waals surface area contributed by atoms with Gasteiger partial charge < -0.3 is 44.2 Å². The second kappa shape index (κ2) is 24.8. The highest BCUT2D eigenvalue weighted by atomic mass is 35.5. The lowest BCUT2D eigenvalue weighted by atomic mass is 9.91. The summed E-state index contributed by atoms with van der Waals surface area (Å²) in [5.41, 5.74) is 5.41. The summed E-state index contributed by atoms with van der Waals surface area (Å²) in [5, 5.41) is 40.6. The fourth-order valence-electron chi connectivity index (χ4n) is 11.7. The lowest BCUT2D eigenvalue weighted by Crippen LogP contribution is -2.55. The Morgan fingerprint density at radius 3 is 2.53 bits per heavy atom. The molecule has 0 saturated carbocycles. The van der Waals surface area contributed by atoms with Crippen LogP contribution in [0, 0.1) is 35.9 Å². The zero-order valence-corrected chi connectivity index (χ0v) is 47.3. The average molecular weight is 1140 g/mol. The molecule has 6 heterocycles. The first-order valence-corrected chi connectivity index (χ1v) is 28.8. The summed E-state index contributed by atoms with van der Waals surface area (Å²) in [6.45, 7) is 14.8. The molecule has 4 aliphatic rings. The van der Waals surface area contributed by atoms with Crippen LogP contribution < -0.4 is 30.1 Å². The molecular formula is C60H66ClFN10O8S. The second-order valence-corrected chi connectivity index (χ2v) is 23.0. The van der Waals surface area contributed by atoms with Crippen LogP contribution in [0.25, 0.3) is 33.0 Å². The first-order chi connectivity index (χ1) is 39.1. The molecule has 0 unspecified atom stereocenters. The number of hydrogen-bond donors (Lipinski definition) is 3. The number of nitrogens with one attached hydrogen (secondary N) is 1. The molecule has 6 atom stereocenters. The van der Waals surface area contributed by atoms with Crippen LogP contribution >= 0.6 is 22.9 Å². The van der Waals surface area contributed by atoms with Crippen LogP contribution in [0.15, 0.2) is 83.4 Å². The predicted octanol–water partition coefficient (Wildman–Crippen LogP) is 6.45. The Labute approximate surface area is 478 Å². The summed E-state index contributed by atoms with van der Waals surface area (Å²) >= 11 is 8.56. The Bertz CT molecular complexity index is 3490. The van der Waals surface area contributed by atoms with Gasteiger partial charge in [-0.1, -0.05) is 80.6 Å².